The first kappa shape index (κ1) is 24.0. The predicted molar refractivity (Wildman–Crippen MR) is 148 cm³/mol. The minimum Gasteiger partial charge on any atom is -0.489 e. The largest absolute Gasteiger partial charge is 0.489 e. The molecule has 0 heterocycles. The van der Waals surface area contributed by atoms with Gasteiger partial charge in [0.2, 0.25) is 0 Å². The highest BCUT2D eigenvalue weighted by atomic mass is 16.5. The van der Waals surface area contributed by atoms with Gasteiger partial charge in [0.05, 0.1) is 0 Å². The number of aliphatic carboxylic acids is 1. The molecule has 4 aliphatic rings. The van der Waals surface area contributed by atoms with E-state index in [1.54, 1.807) is 6.08 Å². The average Bonchev–Trinajstić information content (AvgIpc) is 2.90. The molecule has 1 N–H and O–H groups in total. The Kier molecular flexibility index (Phi) is 6.40. The molecular formula is C34H36O3. The summed E-state index contributed by atoms with van der Waals surface area (Å²) in [4.78, 5) is 11.6. The molecule has 3 aromatic rings. The smallest absolute Gasteiger partial charge is 0.331 e. The summed E-state index contributed by atoms with van der Waals surface area (Å²) in [5.41, 5.74) is 6.45. The molecule has 4 aliphatic carbocycles. The topological polar surface area (TPSA) is 46.5 Å². The Balaban J connectivity index is 1.38. The summed E-state index contributed by atoms with van der Waals surface area (Å²) >= 11 is 0. The Morgan fingerprint density at radius 3 is 2.22 bits per heavy atom. The zero-order chi connectivity index (χ0) is 25.4. The molecule has 0 aliphatic heterocycles. The van der Waals surface area contributed by atoms with E-state index < -0.39 is 5.97 Å². The van der Waals surface area contributed by atoms with Gasteiger partial charge in [0.15, 0.2) is 0 Å². The van der Waals surface area contributed by atoms with Crippen molar-refractivity contribution in [1.82, 2.24) is 0 Å². The van der Waals surface area contributed by atoms with Crippen LogP contribution in [0.1, 0.15) is 68.6 Å². The molecule has 4 bridgehead atoms. The van der Waals surface area contributed by atoms with Gasteiger partial charge in [0.25, 0.3) is 0 Å². The molecule has 0 atom stereocenters. The van der Waals surface area contributed by atoms with Crippen LogP contribution < -0.4 is 4.74 Å². The van der Waals surface area contributed by atoms with Crippen LogP contribution in [-0.2, 0) is 16.8 Å². The van der Waals surface area contributed by atoms with Crippen LogP contribution in [-0.4, -0.2) is 11.1 Å². The number of benzene rings is 3. The van der Waals surface area contributed by atoms with Crippen LogP contribution in [0.25, 0.3) is 17.2 Å². The van der Waals surface area contributed by atoms with E-state index in [9.17, 15) is 9.90 Å². The fourth-order valence-corrected chi connectivity index (χ4v) is 7.75. The second-order valence-electron chi connectivity index (χ2n) is 11.6. The van der Waals surface area contributed by atoms with Crippen molar-refractivity contribution in [3.63, 3.8) is 0 Å². The maximum absolute atomic E-state index is 11.6. The summed E-state index contributed by atoms with van der Waals surface area (Å²) < 4.78 is 6.55. The molecule has 0 radical (unpaired) electrons. The predicted octanol–water partition coefficient (Wildman–Crippen LogP) is 8.28. The molecule has 3 aromatic carbocycles. The van der Waals surface area contributed by atoms with Crippen LogP contribution in [0.15, 0.2) is 78.4 Å². The van der Waals surface area contributed by atoms with Gasteiger partial charge in [-0.3, -0.25) is 0 Å². The second-order valence-corrected chi connectivity index (χ2v) is 11.6. The minimum atomic E-state index is -0.850. The Labute approximate surface area is 220 Å². The lowest BCUT2D eigenvalue weighted by molar-refractivity contribution is -0.132. The molecule has 4 saturated carbocycles. The Hall–Kier alpha value is -3.33. The van der Waals surface area contributed by atoms with Crippen molar-refractivity contribution < 1.29 is 14.6 Å². The molecule has 4 fully saturated rings. The summed E-state index contributed by atoms with van der Waals surface area (Å²) in [6, 6.07) is 25.4. The third-order valence-electron chi connectivity index (χ3n) is 9.04. The fraction of sp³-hybridized carbons (Fsp3) is 0.382. The first-order valence-electron chi connectivity index (χ1n) is 13.9. The van der Waals surface area contributed by atoms with Crippen LogP contribution in [0.3, 0.4) is 0 Å². The van der Waals surface area contributed by atoms with E-state index in [1.165, 1.54) is 55.2 Å². The highest BCUT2D eigenvalue weighted by Crippen LogP contribution is 2.62. The van der Waals surface area contributed by atoms with E-state index in [1.807, 2.05) is 25.1 Å². The average molecular weight is 493 g/mol. The number of ether oxygens (including phenoxy) is 1. The van der Waals surface area contributed by atoms with Crippen molar-refractivity contribution >= 4 is 12.0 Å². The number of rotatable bonds is 8. The molecule has 0 aromatic heterocycles. The van der Waals surface area contributed by atoms with Gasteiger partial charge < -0.3 is 9.84 Å². The maximum atomic E-state index is 11.6. The van der Waals surface area contributed by atoms with Gasteiger partial charge in [-0.05, 0) is 115 Å². The molecule has 3 heteroatoms. The maximum Gasteiger partial charge on any atom is 0.331 e. The molecular weight excluding hydrogens is 456 g/mol. The molecule has 3 nitrogen and oxygen atoms in total. The summed E-state index contributed by atoms with van der Waals surface area (Å²) in [6.07, 6.45) is 10.4. The van der Waals surface area contributed by atoms with Crippen LogP contribution in [0.5, 0.6) is 5.75 Å². The minimum absolute atomic E-state index is 0.215. The summed E-state index contributed by atoms with van der Waals surface area (Å²) in [6.45, 7) is 2.46. The fourth-order valence-electron chi connectivity index (χ4n) is 7.75. The first-order chi connectivity index (χ1) is 18.0. The number of carboxylic acids is 1. The molecule has 0 amide bonds. The van der Waals surface area contributed by atoms with Crippen molar-refractivity contribution in [2.45, 2.75) is 63.9 Å². The van der Waals surface area contributed by atoms with Gasteiger partial charge in [-0.15, -0.1) is 0 Å². The third-order valence-corrected chi connectivity index (χ3v) is 9.04. The van der Waals surface area contributed by atoms with Crippen LogP contribution in [0.2, 0.25) is 0 Å². The first-order valence-corrected chi connectivity index (χ1v) is 13.9. The van der Waals surface area contributed by atoms with Gasteiger partial charge in [-0.1, -0.05) is 61.5 Å². The Morgan fingerprint density at radius 1 is 0.892 bits per heavy atom. The van der Waals surface area contributed by atoms with E-state index in [4.69, 9.17) is 4.74 Å². The van der Waals surface area contributed by atoms with Crippen LogP contribution in [0.4, 0.5) is 0 Å². The van der Waals surface area contributed by atoms with Gasteiger partial charge in [-0.25, -0.2) is 4.79 Å². The SMILES string of the molecule is CCC(=Cc1cccc(-c2ccc(OCc3ccccc3)c(C34CC5CC(CC(C5)C3)C4)c2)c1)C(=O)O. The van der Waals surface area contributed by atoms with Crippen molar-refractivity contribution in [2.24, 2.45) is 17.8 Å². The van der Waals surface area contributed by atoms with Gasteiger partial charge in [0.1, 0.15) is 12.4 Å². The summed E-state index contributed by atoms with van der Waals surface area (Å²) in [7, 11) is 0. The molecule has 7 rings (SSSR count). The van der Waals surface area contributed by atoms with E-state index >= 15 is 0 Å². The molecule has 0 unspecified atom stereocenters. The Bertz CT molecular complexity index is 1280. The van der Waals surface area contributed by atoms with E-state index in [2.05, 4.69) is 54.6 Å². The summed E-state index contributed by atoms with van der Waals surface area (Å²) in [5.74, 6) is 2.75. The lowest BCUT2D eigenvalue weighted by Crippen LogP contribution is -2.48. The zero-order valence-electron chi connectivity index (χ0n) is 21.7. The monoisotopic (exact) mass is 492 g/mol. The van der Waals surface area contributed by atoms with Crippen molar-refractivity contribution in [2.75, 3.05) is 0 Å². The Morgan fingerprint density at radius 2 is 1.57 bits per heavy atom. The van der Waals surface area contributed by atoms with Gasteiger partial charge >= 0.3 is 5.97 Å². The zero-order valence-corrected chi connectivity index (χ0v) is 21.7. The van der Waals surface area contributed by atoms with Crippen molar-refractivity contribution in [3.05, 3.63) is 95.1 Å². The van der Waals surface area contributed by atoms with Gasteiger partial charge in [-0.2, -0.15) is 0 Å². The van der Waals surface area contributed by atoms with E-state index in [0.29, 0.717) is 18.6 Å². The lowest BCUT2D eigenvalue weighted by Gasteiger charge is -2.57. The molecule has 37 heavy (non-hydrogen) atoms. The normalized spacial score (nSPS) is 26.3. The molecule has 190 valence electrons. The van der Waals surface area contributed by atoms with Gasteiger partial charge in [0, 0.05) is 11.1 Å². The number of hydrogen-bond donors (Lipinski definition) is 1. The number of carboxylic acid groups (broad SMARTS) is 1. The van der Waals surface area contributed by atoms with Crippen LogP contribution in [0, 0.1) is 17.8 Å². The third kappa shape index (κ3) is 4.84. The quantitative estimate of drug-likeness (QED) is 0.322. The van der Waals surface area contributed by atoms with Crippen molar-refractivity contribution in [1.29, 1.82) is 0 Å². The second kappa shape index (κ2) is 9.85. The molecule has 0 spiro atoms. The van der Waals surface area contributed by atoms with E-state index in [0.717, 1.165) is 34.6 Å². The number of hydrogen-bond acceptors (Lipinski definition) is 2. The molecule has 0 saturated heterocycles. The highest BCUT2D eigenvalue weighted by Gasteiger charge is 2.52. The summed E-state index contributed by atoms with van der Waals surface area (Å²) in [5, 5.41) is 9.49. The standard InChI is InChI=1S/C34H36O3/c1-2-28(33(35)36)16-24-9-6-10-29(17-24)30-11-12-32(37-22-23-7-4-3-5-8-23)31(18-30)34-19-25-13-26(20-34)15-27(14-25)21-34/h3-12,16-18,25-27H,2,13-15,19-22H2,1H3,(H,35,36). The highest BCUT2D eigenvalue weighted by molar-refractivity contribution is 5.92. The van der Waals surface area contributed by atoms with Crippen molar-refractivity contribution in [3.8, 4) is 16.9 Å². The van der Waals surface area contributed by atoms with E-state index in [-0.39, 0.29) is 5.41 Å². The number of carbonyl (C=O) groups is 1. The lowest BCUT2D eigenvalue weighted by atomic mass is 9.48. The van der Waals surface area contributed by atoms with Crippen LogP contribution >= 0.6 is 0 Å².